The van der Waals surface area contributed by atoms with Crippen LogP contribution in [0.3, 0.4) is 0 Å². The van der Waals surface area contributed by atoms with Gasteiger partial charge < -0.3 is 5.73 Å². The fourth-order valence-electron chi connectivity index (χ4n) is 3.00. The van der Waals surface area contributed by atoms with Crippen LogP contribution in [0, 0.1) is 11.2 Å². The smallest absolute Gasteiger partial charge is 0.127 e. The summed E-state index contributed by atoms with van der Waals surface area (Å²) in [6.07, 6.45) is 8.11. The van der Waals surface area contributed by atoms with E-state index in [9.17, 15) is 4.39 Å². The number of hydrogen-bond donors (Lipinski definition) is 1. The van der Waals surface area contributed by atoms with Crippen LogP contribution in [-0.4, -0.2) is 6.54 Å². The van der Waals surface area contributed by atoms with Gasteiger partial charge in [-0.15, -0.1) is 0 Å². The predicted octanol–water partition coefficient (Wildman–Crippen LogP) is 4.43. The van der Waals surface area contributed by atoms with Crippen molar-refractivity contribution in [3.05, 3.63) is 34.1 Å². The monoisotopic (exact) mass is 313 g/mol. The second-order valence-corrected chi connectivity index (χ2v) is 6.45. The van der Waals surface area contributed by atoms with E-state index in [1.54, 1.807) is 6.07 Å². The third-order valence-corrected chi connectivity index (χ3v) is 4.67. The van der Waals surface area contributed by atoms with Gasteiger partial charge in [0, 0.05) is 4.47 Å². The second-order valence-electron chi connectivity index (χ2n) is 5.53. The van der Waals surface area contributed by atoms with Gasteiger partial charge in [0.15, 0.2) is 0 Å². The van der Waals surface area contributed by atoms with E-state index in [0.717, 1.165) is 29.3 Å². The molecule has 0 aliphatic heterocycles. The van der Waals surface area contributed by atoms with Gasteiger partial charge in [-0.3, -0.25) is 0 Å². The van der Waals surface area contributed by atoms with Gasteiger partial charge in [0.25, 0.3) is 0 Å². The van der Waals surface area contributed by atoms with Crippen molar-refractivity contribution in [3.8, 4) is 0 Å². The molecule has 0 unspecified atom stereocenters. The van der Waals surface area contributed by atoms with Crippen LogP contribution in [0.1, 0.15) is 44.1 Å². The Kier molecular flexibility index (Phi) is 4.79. The molecule has 18 heavy (non-hydrogen) atoms. The summed E-state index contributed by atoms with van der Waals surface area (Å²) in [5.74, 6) is -0.110. The number of hydrogen-bond acceptors (Lipinski definition) is 1. The molecule has 0 radical (unpaired) electrons. The van der Waals surface area contributed by atoms with Crippen LogP contribution in [0.2, 0.25) is 0 Å². The van der Waals surface area contributed by atoms with E-state index in [2.05, 4.69) is 15.9 Å². The summed E-state index contributed by atoms with van der Waals surface area (Å²) >= 11 is 3.30. The number of rotatable bonds is 3. The minimum Gasteiger partial charge on any atom is -0.330 e. The third kappa shape index (κ3) is 3.33. The Balaban J connectivity index is 2.18. The van der Waals surface area contributed by atoms with Crippen molar-refractivity contribution in [1.29, 1.82) is 0 Å². The summed E-state index contributed by atoms with van der Waals surface area (Å²) in [5.41, 5.74) is 6.93. The summed E-state index contributed by atoms with van der Waals surface area (Å²) in [6.45, 7) is 0.669. The topological polar surface area (TPSA) is 26.0 Å². The highest BCUT2D eigenvalue weighted by Crippen LogP contribution is 2.37. The Hall–Kier alpha value is -0.410. The molecule has 1 aromatic carbocycles. The fraction of sp³-hybridized carbons (Fsp3) is 0.600. The molecular formula is C15H21BrFN. The predicted molar refractivity (Wildman–Crippen MR) is 77.0 cm³/mol. The molecule has 0 aromatic heterocycles. The molecule has 1 aliphatic carbocycles. The second kappa shape index (κ2) is 6.16. The average molecular weight is 314 g/mol. The first-order chi connectivity index (χ1) is 8.65. The highest BCUT2D eigenvalue weighted by Gasteiger charge is 2.30. The van der Waals surface area contributed by atoms with Crippen LogP contribution in [-0.2, 0) is 6.42 Å². The largest absolute Gasteiger partial charge is 0.330 e. The van der Waals surface area contributed by atoms with E-state index in [1.165, 1.54) is 25.7 Å². The van der Waals surface area contributed by atoms with E-state index < -0.39 is 0 Å². The van der Waals surface area contributed by atoms with Crippen LogP contribution in [0.25, 0.3) is 0 Å². The molecule has 0 spiro atoms. The van der Waals surface area contributed by atoms with Crippen molar-refractivity contribution in [2.75, 3.05) is 6.54 Å². The quantitative estimate of drug-likeness (QED) is 0.821. The molecule has 0 saturated heterocycles. The Morgan fingerprint density at radius 3 is 2.39 bits per heavy atom. The van der Waals surface area contributed by atoms with Crippen LogP contribution < -0.4 is 5.73 Å². The Bertz CT molecular complexity index is 397. The van der Waals surface area contributed by atoms with Crippen LogP contribution in [0.4, 0.5) is 4.39 Å². The lowest BCUT2D eigenvalue weighted by Gasteiger charge is -2.31. The lowest BCUT2D eigenvalue weighted by molar-refractivity contribution is 0.249. The highest BCUT2D eigenvalue weighted by atomic mass is 79.9. The van der Waals surface area contributed by atoms with E-state index in [-0.39, 0.29) is 11.2 Å². The number of nitrogens with two attached hydrogens (primary N) is 1. The molecular weight excluding hydrogens is 293 g/mol. The molecule has 3 heteroatoms. The molecule has 2 N–H and O–H groups in total. The normalized spacial score (nSPS) is 19.5. The van der Waals surface area contributed by atoms with Crippen molar-refractivity contribution in [1.82, 2.24) is 0 Å². The van der Waals surface area contributed by atoms with Gasteiger partial charge in [-0.05, 0) is 48.9 Å². The highest BCUT2D eigenvalue weighted by molar-refractivity contribution is 9.10. The first kappa shape index (κ1) is 14.0. The fourth-order valence-corrected chi connectivity index (χ4v) is 3.33. The summed E-state index contributed by atoms with van der Waals surface area (Å²) in [7, 11) is 0. The molecule has 0 amide bonds. The standard InChI is InChI=1S/C15H21BrFN/c16-13-6-5-12(14(17)9-13)10-15(11-18)7-3-1-2-4-8-15/h5-6,9H,1-4,7-8,10-11,18H2. The van der Waals surface area contributed by atoms with E-state index >= 15 is 0 Å². The van der Waals surface area contributed by atoms with Crippen LogP contribution in [0.5, 0.6) is 0 Å². The maximum atomic E-state index is 13.9. The van der Waals surface area contributed by atoms with Gasteiger partial charge in [-0.1, -0.05) is 47.7 Å². The number of benzene rings is 1. The number of halogens is 2. The SMILES string of the molecule is NCC1(Cc2ccc(Br)cc2F)CCCCCC1. The summed E-state index contributed by atoms with van der Waals surface area (Å²) in [6, 6.07) is 5.36. The maximum Gasteiger partial charge on any atom is 0.127 e. The zero-order valence-electron chi connectivity index (χ0n) is 10.7. The third-order valence-electron chi connectivity index (χ3n) is 4.18. The molecule has 1 nitrogen and oxygen atoms in total. The molecule has 0 atom stereocenters. The zero-order valence-corrected chi connectivity index (χ0v) is 12.3. The van der Waals surface area contributed by atoms with Gasteiger partial charge in [0.1, 0.15) is 5.82 Å². The lowest BCUT2D eigenvalue weighted by atomic mass is 9.75. The Labute approximate surface area is 117 Å². The van der Waals surface area contributed by atoms with Gasteiger partial charge in [-0.2, -0.15) is 0 Å². The molecule has 0 heterocycles. The summed E-state index contributed by atoms with van der Waals surface area (Å²) < 4.78 is 14.7. The minimum atomic E-state index is -0.110. The summed E-state index contributed by atoms with van der Waals surface area (Å²) in [4.78, 5) is 0. The summed E-state index contributed by atoms with van der Waals surface area (Å²) in [5, 5.41) is 0. The molecule has 2 rings (SSSR count). The molecule has 0 bridgehead atoms. The van der Waals surface area contributed by atoms with Gasteiger partial charge in [0.05, 0.1) is 0 Å². The van der Waals surface area contributed by atoms with E-state index in [1.807, 2.05) is 12.1 Å². The van der Waals surface area contributed by atoms with Gasteiger partial charge >= 0.3 is 0 Å². The van der Waals surface area contributed by atoms with Crippen LogP contribution in [0.15, 0.2) is 22.7 Å². The molecule has 1 aliphatic rings. The molecule has 1 aromatic rings. The lowest BCUT2D eigenvalue weighted by Crippen LogP contribution is -2.32. The van der Waals surface area contributed by atoms with Crippen molar-refractivity contribution in [3.63, 3.8) is 0 Å². The Morgan fingerprint density at radius 1 is 1.17 bits per heavy atom. The first-order valence-corrected chi connectivity index (χ1v) is 7.59. The minimum absolute atomic E-state index is 0.110. The van der Waals surface area contributed by atoms with Gasteiger partial charge in [-0.25, -0.2) is 4.39 Å². The maximum absolute atomic E-state index is 13.9. The van der Waals surface area contributed by atoms with Crippen molar-refractivity contribution in [2.45, 2.75) is 44.9 Å². The van der Waals surface area contributed by atoms with Gasteiger partial charge in [0.2, 0.25) is 0 Å². The molecule has 100 valence electrons. The zero-order chi connectivity index (χ0) is 13.0. The average Bonchev–Trinajstić information content (AvgIpc) is 2.59. The first-order valence-electron chi connectivity index (χ1n) is 6.79. The molecule has 1 fully saturated rings. The van der Waals surface area contributed by atoms with Crippen LogP contribution >= 0.6 is 15.9 Å². The van der Waals surface area contributed by atoms with Crippen molar-refractivity contribution >= 4 is 15.9 Å². The van der Waals surface area contributed by atoms with Crippen molar-refractivity contribution < 1.29 is 4.39 Å². The van der Waals surface area contributed by atoms with Crippen molar-refractivity contribution in [2.24, 2.45) is 11.1 Å². The Morgan fingerprint density at radius 2 is 1.83 bits per heavy atom. The van der Waals surface area contributed by atoms with E-state index in [4.69, 9.17) is 5.73 Å². The van der Waals surface area contributed by atoms with E-state index in [0.29, 0.717) is 6.54 Å². The molecule has 1 saturated carbocycles.